The Morgan fingerprint density at radius 3 is 2.79 bits per heavy atom. The summed E-state index contributed by atoms with van der Waals surface area (Å²) in [5.74, 6) is 0.673. The van der Waals surface area contributed by atoms with Crippen molar-refractivity contribution in [2.45, 2.75) is 18.2 Å². The van der Waals surface area contributed by atoms with Gasteiger partial charge in [0.1, 0.15) is 11.1 Å². The predicted octanol–water partition coefficient (Wildman–Crippen LogP) is 4.15. The SMILES string of the molecule is O=C1CCc2cc(C(Cl)c3ccc(Cl)o3)ccc2N1. The van der Waals surface area contributed by atoms with Gasteiger partial charge in [0.25, 0.3) is 0 Å². The van der Waals surface area contributed by atoms with Gasteiger partial charge in [0.15, 0.2) is 5.22 Å². The van der Waals surface area contributed by atoms with Crippen LogP contribution in [0.5, 0.6) is 0 Å². The molecule has 2 heterocycles. The zero-order valence-electron chi connectivity index (χ0n) is 9.95. The van der Waals surface area contributed by atoms with Crippen molar-refractivity contribution in [2.75, 3.05) is 5.32 Å². The van der Waals surface area contributed by atoms with Gasteiger partial charge in [-0.2, -0.15) is 0 Å². The van der Waals surface area contributed by atoms with Crippen molar-refractivity contribution in [3.8, 4) is 0 Å². The van der Waals surface area contributed by atoms with E-state index in [0.717, 1.165) is 23.2 Å². The molecule has 1 aliphatic rings. The standard InChI is InChI=1S/C14H11Cl2NO2/c15-12-5-4-11(19-12)14(16)9-1-3-10-8(7-9)2-6-13(18)17-10/h1,3-5,7,14H,2,6H2,(H,17,18). The summed E-state index contributed by atoms with van der Waals surface area (Å²) in [6.07, 6.45) is 1.24. The number of amides is 1. The van der Waals surface area contributed by atoms with E-state index < -0.39 is 0 Å². The van der Waals surface area contributed by atoms with E-state index >= 15 is 0 Å². The molecular formula is C14H11Cl2NO2. The molecule has 1 atom stereocenters. The molecule has 1 unspecified atom stereocenters. The monoisotopic (exact) mass is 295 g/mol. The minimum atomic E-state index is -0.379. The van der Waals surface area contributed by atoms with Crippen LogP contribution in [-0.4, -0.2) is 5.91 Å². The van der Waals surface area contributed by atoms with Gasteiger partial charge in [-0.25, -0.2) is 0 Å². The van der Waals surface area contributed by atoms with Gasteiger partial charge in [-0.3, -0.25) is 4.79 Å². The van der Waals surface area contributed by atoms with Gasteiger partial charge in [-0.05, 0) is 47.3 Å². The first-order valence-electron chi connectivity index (χ1n) is 5.95. The van der Waals surface area contributed by atoms with Crippen molar-refractivity contribution >= 4 is 34.8 Å². The van der Waals surface area contributed by atoms with E-state index in [1.807, 2.05) is 18.2 Å². The lowest BCUT2D eigenvalue weighted by Crippen LogP contribution is -2.19. The van der Waals surface area contributed by atoms with Gasteiger partial charge >= 0.3 is 0 Å². The summed E-state index contributed by atoms with van der Waals surface area (Å²) >= 11 is 12.1. The molecule has 0 bridgehead atoms. The third-order valence-electron chi connectivity index (χ3n) is 3.16. The van der Waals surface area contributed by atoms with E-state index in [4.69, 9.17) is 27.6 Å². The van der Waals surface area contributed by atoms with Crippen LogP contribution in [0.4, 0.5) is 5.69 Å². The van der Waals surface area contributed by atoms with Crippen LogP contribution in [0.1, 0.15) is 28.7 Å². The molecule has 0 radical (unpaired) electrons. The van der Waals surface area contributed by atoms with Crippen molar-refractivity contribution < 1.29 is 9.21 Å². The number of alkyl halides is 1. The molecule has 0 fully saturated rings. The first-order valence-corrected chi connectivity index (χ1v) is 6.77. The fourth-order valence-electron chi connectivity index (χ4n) is 2.19. The fraction of sp³-hybridized carbons (Fsp3) is 0.214. The molecule has 2 aromatic rings. The number of hydrogen-bond acceptors (Lipinski definition) is 2. The maximum Gasteiger partial charge on any atom is 0.224 e. The van der Waals surface area contributed by atoms with Crippen LogP contribution < -0.4 is 5.32 Å². The van der Waals surface area contributed by atoms with Gasteiger partial charge in [-0.15, -0.1) is 11.6 Å². The number of fused-ring (bicyclic) bond motifs is 1. The summed E-state index contributed by atoms with van der Waals surface area (Å²) in [6, 6.07) is 9.20. The first kappa shape index (κ1) is 12.6. The van der Waals surface area contributed by atoms with Crippen LogP contribution in [0, 0.1) is 0 Å². The number of carbonyl (C=O) groups excluding carboxylic acids is 1. The van der Waals surface area contributed by atoms with Crippen LogP contribution in [0.2, 0.25) is 5.22 Å². The molecule has 1 aromatic heterocycles. The largest absolute Gasteiger partial charge is 0.448 e. The summed E-state index contributed by atoms with van der Waals surface area (Å²) in [5, 5.41) is 2.79. The Hall–Kier alpha value is -1.45. The molecule has 0 saturated carbocycles. The second-order valence-electron chi connectivity index (χ2n) is 4.47. The van der Waals surface area contributed by atoms with E-state index in [1.54, 1.807) is 12.1 Å². The molecule has 1 N–H and O–H groups in total. The van der Waals surface area contributed by atoms with Gasteiger partial charge < -0.3 is 9.73 Å². The van der Waals surface area contributed by atoms with Crippen molar-refractivity contribution in [1.29, 1.82) is 0 Å². The minimum absolute atomic E-state index is 0.0560. The zero-order valence-corrected chi connectivity index (χ0v) is 11.5. The van der Waals surface area contributed by atoms with Crippen LogP contribution in [0.15, 0.2) is 34.7 Å². The Balaban J connectivity index is 1.92. The molecule has 0 saturated heterocycles. The smallest absolute Gasteiger partial charge is 0.224 e. The summed E-state index contributed by atoms with van der Waals surface area (Å²) in [5.41, 5.74) is 2.89. The molecule has 98 valence electrons. The molecule has 19 heavy (non-hydrogen) atoms. The van der Waals surface area contributed by atoms with Crippen LogP contribution >= 0.6 is 23.2 Å². The second kappa shape index (κ2) is 4.91. The number of rotatable bonds is 2. The molecule has 1 amide bonds. The molecule has 1 aliphatic heterocycles. The Bertz CT molecular complexity index is 636. The van der Waals surface area contributed by atoms with Crippen molar-refractivity contribution in [1.82, 2.24) is 0 Å². The predicted molar refractivity (Wildman–Crippen MR) is 74.8 cm³/mol. The topological polar surface area (TPSA) is 42.2 Å². The molecular weight excluding hydrogens is 285 g/mol. The van der Waals surface area contributed by atoms with Crippen molar-refractivity contribution in [2.24, 2.45) is 0 Å². The molecule has 0 aliphatic carbocycles. The van der Waals surface area contributed by atoms with Crippen LogP contribution in [0.3, 0.4) is 0 Å². The van der Waals surface area contributed by atoms with E-state index in [0.29, 0.717) is 17.4 Å². The third-order valence-corrected chi connectivity index (χ3v) is 3.83. The highest BCUT2D eigenvalue weighted by molar-refractivity contribution is 6.29. The summed E-state index contributed by atoms with van der Waals surface area (Å²) in [6.45, 7) is 0. The highest BCUT2D eigenvalue weighted by Crippen LogP contribution is 2.34. The molecule has 3 rings (SSSR count). The Morgan fingerprint density at radius 2 is 2.05 bits per heavy atom. The molecule has 1 aromatic carbocycles. The number of furan rings is 1. The van der Waals surface area contributed by atoms with Crippen molar-refractivity contribution in [3.63, 3.8) is 0 Å². The Morgan fingerprint density at radius 1 is 1.21 bits per heavy atom. The molecule has 5 heteroatoms. The first-order chi connectivity index (χ1) is 9.13. The lowest BCUT2D eigenvalue weighted by molar-refractivity contribution is -0.116. The maximum atomic E-state index is 11.3. The lowest BCUT2D eigenvalue weighted by atomic mass is 9.98. The molecule has 0 spiro atoms. The van der Waals surface area contributed by atoms with Gasteiger partial charge in [0.2, 0.25) is 5.91 Å². The maximum absolute atomic E-state index is 11.3. The van der Waals surface area contributed by atoms with Crippen molar-refractivity contribution in [3.05, 3.63) is 52.4 Å². The highest BCUT2D eigenvalue weighted by atomic mass is 35.5. The number of hydrogen-bond donors (Lipinski definition) is 1. The van der Waals surface area contributed by atoms with Crippen LogP contribution in [0.25, 0.3) is 0 Å². The number of aryl methyl sites for hydroxylation is 1. The Labute approximate surface area is 120 Å². The second-order valence-corrected chi connectivity index (χ2v) is 5.28. The Kier molecular flexibility index (Phi) is 3.25. The highest BCUT2D eigenvalue weighted by Gasteiger charge is 2.19. The number of carbonyl (C=O) groups is 1. The van der Waals surface area contributed by atoms with E-state index in [-0.39, 0.29) is 11.3 Å². The number of nitrogens with one attached hydrogen (secondary N) is 1. The fourth-order valence-corrected chi connectivity index (χ4v) is 2.59. The van der Waals surface area contributed by atoms with Crippen LogP contribution in [-0.2, 0) is 11.2 Å². The minimum Gasteiger partial charge on any atom is -0.448 e. The molecule has 3 nitrogen and oxygen atoms in total. The average Bonchev–Trinajstić information content (AvgIpc) is 2.84. The summed E-state index contributed by atoms with van der Waals surface area (Å²) in [7, 11) is 0. The number of halogens is 2. The number of benzene rings is 1. The van der Waals surface area contributed by atoms with Gasteiger partial charge in [-0.1, -0.05) is 12.1 Å². The normalized spacial score (nSPS) is 15.8. The quantitative estimate of drug-likeness (QED) is 0.846. The number of anilines is 1. The average molecular weight is 296 g/mol. The van der Waals surface area contributed by atoms with E-state index in [1.165, 1.54) is 0 Å². The van der Waals surface area contributed by atoms with Gasteiger partial charge in [0, 0.05) is 12.1 Å². The summed E-state index contributed by atoms with van der Waals surface area (Å²) < 4.78 is 5.32. The zero-order chi connectivity index (χ0) is 13.4. The van der Waals surface area contributed by atoms with Gasteiger partial charge in [0.05, 0.1) is 0 Å². The van der Waals surface area contributed by atoms with E-state index in [9.17, 15) is 4.79 Å². The lowest BCUT2D eigenvalue weighted by Gasteiger charge is -2.18. The third kappa shape index (κ3) is 2.48. The van der Waals surface area contributed by atoms with E-state index in [2.05, 4.69) is 5.32 Å². The summed E-state index contributed by atoms with van der Waals surface area (Å²) in [4.78, 5) is 11.3.